The average Bonchev–Trinajstić information content (AvgIpc) is 2.14. The van der Waals surface area contributed by atoms with Crippen molar-refractivity contribution in [2.24, 2.45) is 11.7 Å². The molecule has 1 amide bonds. The molecule has 0 aromatic heterocycles. The Bertz CT molecular complexity index is 353. The number of amides is 1. The second-order valence-corrected chi connectivity index (χ2v) is 6.72. The number of sulfone groups is 1. The third kappa shape index (κ3) is 3.45. The van der Waals surface area contributed by atoms with Crippen LogP contribution < -0.4 is 5.73 Å². The van der Waals surface area contributed by atoms with Crippen LogP contribution in [0, 0.1) is 5.92 Å². The lowest BCUT2D eigenvalue weighted by Crippen LogP contribution is -2.52. The second kappa shape index (κ2) is 5.14. The molecule has 0 radical (unpaired) electrons. The van der Waals surface area contributed by atoms with E-state index < -0.39 is 15.6 Å². The molecule has 0 saturated carbocycles. The Morgan fingerprint density at radius 1 is 1.50 bits per heavy atom. The summed E-state index contributed by atoms with van der Waals surface area (Å²) in [5.41, 5.74) is 5.64. The molecular formula is C10H20N2O3S. The molecule has 0 aromatic rings. The van der Waals surface area contributed by atoms with Gasteiger partial charge < -0.3 is 10.6 Å². The van der Waals surface area contributed by atoms with E-state index in [1.165, 1.54) is 0 Å². The molecular weight excluding hydrogens is 228 g/mol. The zero-order valence-electron chi connectivity index (χ0n) is 9.85. The molecule has 1 fully saturated rings. The monoisotopic (exact) mass is 248 g/mol. The van der Waals surface area contributed by atoms with Crippen molar-refractivity contribution in [3.8, 4) is 0 Å². The van der Waals surface area contributed by atoms with Gasteiger partial charge in [-0.15, -0.1) is 0 Å². The van der Waals surface area contributed by atoms with Crippen molar-refractivity contribution in [3.05, 3.63) is 0 Å². The maximum Gasteiger partial charge on any atom is 0.238 e. The summed E-state index contributed by atoms with van der Waals surface area (Å²) in [6.07, 6.45) is 3.05. The van der Waals surface area contributed by atoms with Crippen LogP contribution in [-0.2, 0) is 14.6 Å². The number of hydrogen-bond acceptors (Lipinski definition) is 4. The summed E-state index contributed by atoms with van der Waals surface area (Å²) in [4.78, 5) is 13.5. The SMILES string of the molecule is CC1CCCN(C(=O)CS(C)(=O)=O)C1CN. The molecule has 16 heavy (non-hydrogen) atoms. The Labute approximate surface area is 96.9 Å². The number of likely N-dealkylation sites (tertiary alicyclic amines) is 1. The molecule has 1 saturated heterocycles. The van der Waals surface area contributed by atoms with Crippen LogP contribution in [0.2, 0.25) is 0 Å². The summed E-state index contributed by atoms with van der Waals surface area (Å²) >= 11 is 0. The van der Waals surface area contributed by atoms with Crippen molar-refractivity contribution in [1.82, 2.24) is 4.90 Å². The van der Waals surface area contributed by atoms with Crippen molar-refractivity contribution in [3.63, 3.8) is 0 Å². The summed E-state index contributed by atoms with van der Waals surface area (Å²) in [5.74, 6) is -0.372. The van der Waals surface area contributed by atoms with E-state index in [4.69, 9.17) is 5.73 Å². The zero-order valence-corrected chi connectivity index (χ0v) is 10.7. The molecule has 1 rings (SSSR count). The maximum atomic E-state index is 11.8. The predicted molar refractivity (Wildman–Crippen MR) is 62.7 cm³/mol. The van der Waals surface area contributed by atoms with Gasteiger partial charge in [0.05, 0.1) is 0 Å². The molecule has 0 aliphatic carbocycles. The van der Waals surface area contributed by atoms with E-state index in [0.29, 0.717) is 19.0 Å². The quantitative estimate of drug-likeness (QED) is 0.738. The molecule has 0 aromatic carbocycles. The smallest absolute Gasteiger partial charge is 0.238 e. The topological polar surface area (TPSA) is 80.5 Å². The number of carbonyl (C=O) groups is 1. The van der Waals surface area contributed by atoms with Gasteiger partial charge in [0.25, 0.3) is 0 Å². The van der Waals surface area contributed by atoms with Crippen molar-refractivity contribution >= 4 is 15.7 Å². The first-order valence-corrected chi connectivity index (χ1v) is 7.58. The predicted octanol–water partition coefficient (Wildman–Crippen LogP) is -0.383. The van der Waals surface area contributed by atoms with E-state index in [0.717, 1.165) is 19.1 Å². The molecule has 0 spiro atoms. The number of carbonyl (C=O) groups excluding carboxylic acids is 1. The van der Waals surface area contributed by atoms with Crippen LogP contribution in [0.25, 0.3) is 0 Å². The minimum absolute atomic E-state index is 0.0111. The Morgan fingerprint density at radius 2 is 2.12 bits per heavy atom. The largest absolute Gasteiger partial charge is 0.337 e. The highest BCUT2D eigenvalue weighted by Gasteiger charge is 2.31. The first-order valence-electron chi connectivity index (χ1n) is 5.52. The van der Waals surface area contributed by atoms with Gasteiger partial charge in [0.15, 0.2) is 9.84 Å². The van der Waals surface area contributed by atoms with Crippen molar-refractivity contribution in [1.29, 1.82) is 0 Å². The Morgan fingerprint density at radius 3 is 2.62 bits per heavy atom. The average molecular weight is 248 g/mol. The molecule has 94 valence electrons. The fourth-order valence-corrected chi connectivity index (χ4v) is 2.84. The molecule has 0 bridgehead atoms. The van der Waals surface area contributed by atoms with Crippen LogP contribution in [0.15, 0.2) is 0 Å². The van der Waals surface area contributed by atoms with Gasteiger partial charge >= 0.3 is 0 Å². The summed E-state index contributed by atoms with van der Waals surface area (Å²) in [6, 6.07) is -0.0111. The van der Waals surface area contributed by atoms with E-state index in [9.17, 15) is 13.2 Å². The highest BCUT2D eigenvalue weighted by molar-refractivity contribution is 7.91. The minimum atomic E-state index is -3.25. The van der Waals surface area contributed by atoms with Crippen LogP contribution in [0.5, 0.6) is 0 Å². The van der Waals surface area contributed by atoms with Gasteiger partial charge in [0, 0.05) is 25.4 Å². The fourth-order valence-electron chi connectivity index (χ4n) is 2.23. The molecule has 1 aliphatic rings. The Hall–Kier alpha value is -0.620. The second-order valence-electron chi connectivity index (χ2n) is 4.58. The van der Waals surface area contributed by atoms with Crippen molar-refractivity contribution in [2.75, 3.05) is 25.1 Å². The van der Waals surface area contributed by atoms with Gasteiger partial charge in [0.2, 0.25) is 5.91 Å². The third-order valence-electron chi connectivity index (χ3n) is 3.06. The number of nitrogens with zero attached hydrogens (tertiary/aromatic N) is 1. The Kier molecular flexibility index (Phi) is 4.32. The molecule has 6 heteroatoms. The highest BCUT2D eigenvalue weighted by Crippen LogP contribution is 2.22. The van der Waals surface area contributed by atoms with Gasteiger partial charge in [-0.05, 0) is 18.8 Å². The molecule has 2 atom stereocenters. The summed E-state index contributed by atoms with van der Waals surface area (Å²) < 4.78 is 22.2. The van der Waals surface area contributed by atoms with E-state index in [2.05, 4.69) is 6.92 Å². The van der Waals surface area contributed by atoms with Gasteiger partial charge in [-0.3, -0.25) is 4.79 Å². The van der Waals surface area contributed by atoms with Gasteiger partial charge in [-0.25, -0.2) is 8.42 Å². The maximum absolute atomic E-state index is 11.8. The van der Waals surface area contributed by atoms with E-state index in [-0.39, 0.29) is 11.9 Å². The number of nitrogens with two attached hydrogens (primary N) is 1. The van der Waals surface area contributed by atoms with Crippen LogP contribution >= 0.6 is 0 Å². The Balaban J connectivity index is 2.73. The normalized spacial score (nSPS) is 26.8. The third-order valence-corrected chi connectivity index (χ3v) is 3.83. The molecule has 2 unspecified atom stereocenters. The highest BCUT2D eigenvalue weighted by atomic mass is 32.2. The van der Waals surface area contributed by atoms with Crippen LogP contribution in [0.1, 0.15) is 19.8 Å². The van der Waals surface area contributed by atoms with Crippen molar-refractivity contribution < 1.29 is 13.2 Å². The van der Waals surface area contributed by atoms with E-state index in [1.54, 1.807) is 4.90 Å². The van der Waals surface area contributed by atoms with Crippen LogP contribution in [-0.4, -0.2) is 50.4 Å². The zero-order chi connectivity index (χ0) is 12.3. The summed E-state index contributed by atoms with van der Waals surface area (Å²) in [7, 11) is -3.25. The van der Waals surface area contributed by atoms with Crippen molar-refractivity contribution in [2.45, 2.75) is 25.8 Å². The first-order chi connectivity index (χ1) is 7.35. The molecule has 1 heterocycles. The van der Waals surface area contributed by atoms with Gasteiger partial charge in [0.1, 0.15) is 5.75 Å². The lowest BCUT2D eigenvalue weighted by Gasteiger charge is -2.39. The standard InChI is InChI=1S/C10H20N2O3S/c1-8-4-3-5-12(9(8)6-11)10(13)7-16(2,14)15/h8-9H,3-7,11H2,1-2H3. The first kappa shape index (κ1) is 13.4. The van der Waals surface area contributed by atoms with Crippen LogP contribution in [0.4, 0.5) is 0 Å². The lowest BCUT2D eigenvalue weighted by molar-refractivity contribution is -0.133. The fraction of sp³-hybridized carbons (Fsp3) is 0.900. The van der Waals surface area contributed by atoms with Gasteiger partial charge in [-0.2, -0.15) is 0 Å². The lowest BCUT2D eigenvalue weighted by atomic mass is 9.91. The molecule has 1 aliphatic heterocycles. The number of rotatable bonds is 3. The van der Waals surface area contributed by atoms with Gasteiger partial charge in [-0.1, -0.05) is 6.92 Å². The molecule has 5 nitrogen and oxygen atoms in total. The molecule has 2 N–H and O–H groups in total. The van der Waals surface area contributed by atoms with Crippen LogP contribution in [0.3, 0.4) is 0 Å². The summed E-state index contributed by atoms with van der Waals surface area (Å²) in [6.45, 7) is 3.08. The number of hydrogen-bond donors (Lipinski definition) is 1. The number of piperidine rings is 1. The van der Waals surface area contributed by atoms with E-state index in [1.807, 2.05) is 0 Å². The summed E-state index contributed by atoms with van der Waals surface area (Å²) in [5, 5.41) is 0. The van der Waals surface area contributed by atoms with E-state index >= 15 is 0 Å². The minimum Gasteiger partial charge on any atom is -0.337 e.